The molecule has 0 fully saturated rings. The number of carbonyl (C=O) groups excluding carboxylic acids is 3. The number of hydrogen-bond donors (Lipinski definition) is 0. The van der Waals surface area contributed by atoms with Crippen LogP contribution in [0.4, 0.5) is 0 Å². The molecule has 400 valence electrons. The van der Waals surface area contributed by atoms with E-state index in [2.05, 4.69) is 118 Å². The van der Waals surface area contributed by atoms with Gasteiger partial charge in [0.05, 0.1) is 0 Å². The van der Waals surface area contributed by atoms with Crippen LogP contribution in [0.25, 0.3) is 0 Å². The summed E-state index contributed by atoms with van der Waals surface area (Å²) < 4.78 is 16.8. The smallest absolute Gasteiger partial charge is 0.306 e. The summed E-state index contributed by atoms with van der Waals surface area (Å²) in [6.45, 7) is 6.45. The monoisotopic (exact) mass is 973 g/mol. The van der Waals surface area contributed by atoms with Crippen LogP contribution in [-0.4, -0.2) is 37.2 Å². The molecule has 0 aliphatic rings. The largest absolute Gasteiger partial charge is 0.462 e. The lowest BCUT2D eigenvalue weighted by molar-refractivity contribution is -0.167. The molecule has 0 radical (unpaired) electrons. The highest BCUT2D eigenvalue weighted by molar-refractivity contribution is 5.71. The van der Waals surface area contributed by atoms with Crippen LogP contribution >= 0.6 is 0 Å². The summed E-state index contributed by atoms with van der Waals surface area (Å²) in [7, 11) is 0. The van der Waals surface area contributed by atoms with E-state index < -0.39 is 6.10 Å². The maximum Gasteiger partial charge on any atom is 0.306 e. The lowest BCUT2D eigenvalue weighted by Crippen LogP contribution is -2.30. The average molecular weight is 974 g/mol. The van der Waals surface area contributed by atoms with Crippen molar-refractivity contribution in [3.05, 3.63) is 97.2 Å². The van der Waals surface area contributed by atoms with E-state index in [9.17, 15) is 14.4 Å². The highest BCUT2D eigenvalue weighted by Crippen LogP contribution is 2.15. The number of allylic oxidation sites excluding steroid dienone is 16. The fraction of sp³-hybridized carbons (Fsp3) is 0.703. The van der Waals surface area contributed by atoms with Crippen molar-refractivity contribution in [2.75, 3.05) is 13.2 Å². The summed E-state index contributed by atoms with van der Waals surface area (Å²) in [5.74, 6) is -0.910. The van der Waals surface area contributed by atoms with Gasteiger partial charge in [-0.25, -0.2) is 0 Å². The van der Waals surface area contributed by atoms with E-state index in [0.717, 1.165) is 116 Å². The first-order valence-corrected chi connectivity index (χ1v) is 29.2. The fourth-order valence-corrected chi connectivity index (χ4v) is 7.95. The second-order valence-corrected chi connectivity index (χ2v) is 19.2. The zero-order valence-corrected chi connectivity index (χ0v) is 45.8. The highest BCUT2D eigenvalue weighted by Gasteiger charge is 2.19. The van der Waals surface area contributed by atoms with E-state index in [1.807, 2.05) is 0 Å². The Morgan fingerprint density at radius 1 is 0.300 bits per heavy atom. The Kier molecular flexibility index (Phi) is 54.9. The van der Waals surface area contributed by atoms with Gasteiger partial charge in [-0.1, -0.05) is 246 Å². The quantitative estimate of drug-likeness (QED) is 0.0262. The van der Waals surface area contributed by atoms with E-state index in [1.165, 1.54) is 116 Å². The highest BCUT2D eigenvalue weighted by atomic mass is 16.6. The Morgan fingerprint density at radius 2 is 0.557 bits per heavy atom. The van der Waals surface area contributed by atoms with Gasteiger partial charge in [0.15, 0.2) is 6.10 Å². The number of carbonyl (C=O) groups is 3. The van der Waals surface area contributed by atoms with E-state index >= 15 is 0 Å². The molecule has 70 heavy (non-hydrogen) atoms. The normalized spacial score (nSPS) is 12.8. The molecule has 0 aromatic carbocycles. The second-order valence-electron chi connectivity index (χ2n) is 19.2. The summed E-state index contributed by atoms with van der Waals surface area (Å²) in [5, 5.41) is 0. The summed E-state index contributed by atoms with van der Waals surface area (Å²) >= 11 is 0. The van der Waals surface area contributed by atoms with Gasteiger partial charge >= 0.3 is 17.9 Å². The predicted octanol–water partition coefficient (Wildman–Crippen LogP) is 19.7. The molecule has 0 amide bonds. The number of hydrogen-bond acceptors (Lipinski definition) is 6. The minimum absolute atomic E-state index is 0.0845. The van der Waals surface area contributed by atoms with Crippen LogP contribution in [0.5, 0.6) is 0 Å². The Balaban J connectivity index is 4.20. The van der Waals surface area contributed by atoms with Crippen LogP contribution in [-0.2, 0) is 28.6 Å². The van der Waals surface area contributed by atoms with Gasteiger partial charge in [0.25, 0.3) is 0 Å². The summed E-state index contributed by atoms with van der Waals surface area (Å²) in [6, 6.07) is 0. The number of unbranched alkanes of at least 4 members (excludes halogenated alkanes) is 25. The minimum Gasteiger partial charge on any atom is -0.462 e. The van der Waals surface area contributed by atoms with Crippen LogP contribution in [0, 0.1) is 0 Å². The summed E-state index contributed by atoms with van der Waals surface area (Å²) in [4.78, 5) is 37.9. The fourth-order valence-electron chi connectivity index (χ4n) is 7.95. The lowest BCUT2D eigenvalue weighted by atomic mass is 10.1. The molecule has 6 nitrogen and oxygen atoms in total. The third-order valence-corrected chi connectivity index (χ3v) is 12.3. The predicted molar refractivity (Wildman–Crippen MR) is 302 cm³/mol. The number of rotatable bonds is 52. The molecule has 0 saturated heterocycles. The topological polar surface area (TPSA) is 78.9 Å². The first-order valence-electron chi connectivity index (χ1n) is 29.2. The van der Waals surface area contributed by atoms with E-state index in [0.29, 0.717) is 19.3 Å². The second kappa shape index (κ2) is 57.9. The molecule has 0 aromatic rings. The Bertz CT molecular complexity index is 1400. The van der Waals surface area contributed by atoms with Gasteiger partial charge in [0, 0.05) is 19.3 Å². The van der Waals surface area contributed by atoms with E-state index in [-0.39, 0.29) is 31.1 Å². The maximum atomic E-state index is 12.8. The Labute approximate surface area is 432 Å². The van der Waals surface area contributed by atoms with Gasteiger partial charge in [-0.3, -0.25) is 14.4 Å². The third kappa shape index (κ3) is 55.3. The molecular formula is C64H108O6. The van der Waals surface area contributed by atoms with Gasteiger partial charge in [0.2, 0.25) is 0 Å². The first-order chi connectivity index (χ1) is 34.5. The first kappa shape index (κ1) is 66.3. The average Bonchev–Trinajstić information content (AvgIpc) is 3.36. The van der Waals surface area contributed by atoms with Crippen molar-refractivity contribution < 1.29 is 28.6 Å². The van der Waals surface area contributed by atoms with Crippen molar-refractivity contribution in [2.45, 2.75) is 277 Å². The van der Waals surface area contributed by atoms with Crippen molar-refractivity contribution in [3.63, 3.8) is 0 Å². The molecule has 0 N–H and O–H groups in total. The molecule has 0 aliphatic carbocycles. The van der Waals surface area contributed by atoms with Gasteiger partial charge < -0.3 is 14.2 Å². The SMILES string of the molecule is CC/C=C\C/C=C\C/C=C\C/C=C\C/C=C\CCCCCCCCCC(=O)OCC(COC(=O)CCCCCCCC)OC(=O)CCCCCCCCCC/C=C\C/C=C\C/C=C\CCCCCCC. The van der Waals surface area contributed by atoms with E-state index in [4.69, 9.17) is 14.2 Å². The molecular weight excluding hydrogens is 865 g/mol. The number of ether oxygens (including phenoxy) is 3. The van der Waals surface area contributed by atoms with Gasteiger partial charge in [-0.2, -0.15) is 0 Å². The lowest BCUT2D eigenvalue weighted by Gasteiger charge is -2.18. The molecule has 0 bridgehead atoms. The molecule has 0 aliphatic heterocycles. The molecule has 0 heterocycles. The molecule has 6 heteroatoms. The summed E-state index contributed by atoms with van der Waals surface area (Å²) in [5.41, 5.74) is 0. The van der Waals surface area contributed by atoms with Crippen LogP contribution in [0.3, 0.4) is 0 Å². The Hall–Kier alpha value is -3.67. The molecule has 0 rings (SSSR count). The molecule has 1 atom stereocenters. The zero-order chi connectivity index (χ0) is 50.7. The van der Waals surface area contributed by atoms with Crippen molar-refractivity contribution in [1.29, 1.82) is 0 Å². The summed E-state index contributed by atoms with van der Waals surface area (Å²) in [6.07, 6.45) is 77.1. The van der Waals surface area contributed by atoms with Gasteiger partial charge in [-0.05, 0) is 103 Å². The zero-order valence-electron chi connectivity index (χ0n) is 45.8. The van der Waals surface area contributed by atoms with Crippen molar-refractivity contribution in [3.8, 4) is 0 Å². The van der Waals surface area contributed by atoms with Crippen LogP contribution < -0.4 is 0 Å². The van der Waals surface area contributed by atoms with Gasteiger partial charge in [-0.15, -0.1) is 0 Å². The van der Waals surface area contributed by atoms with Crippen LogP contribution in [0.1, 0.15) is 271 Å². The van der Waals surface area contributed by atoms with Crippen molar-refractivity contribution in [2.24, 2.45) is 0 Å². The van der Waals surface area contributed by atoms with Crippen LogP contribution in [0.2, 0.25) is 0 Å². The third-order valence-electron chi connectivity index (χ3n) is 12.3. The van der Waals surface area contributed by atoms with Crippen molar-refractivity contribution in [1.82, 2.24) is 0 Å². The van der Waals surface area contributed by atoms with Crippen LogP contribution in [0.15, 0.2) is 97.2 Å². The van der Waals surface area contributed by atoms with Gasteiger partial charge in [0.1, 0.15) is 13.2 Å². The molecule has 0 aromatic heterocycles. The Morgan fingerprint density at radius 3 is 0.871 bits per heavy atom. The van der Waals surface area contributed by atoms with E-state index in [1.54, 1.807) is 0 Å². The standard InChI is InChI=1S/C64H108O6/c1-4-7-10-13-16-18-20-22-24-26-28-30-32-34-36-38-40-42-44-46-48-51-54-57-63(66)69-60-61(59-68-62(65)56-53-50-15-12-9-6-3)70-64(67)58-55-52-49-47-45-43-41-39-37-35-33-31-29-27-25-23-21-19-17-14-11-8-5-2/h7,10,16,18,21-24,27-30,33-36,61H,4-6,8-9,11-15,17,19-20,25-26,31-32,37-60H2,1-3H3/b10-7-,18-16-,23-21-,24-22-,29-27-,30-28-,35-33-,36-34-. The molecule has 1 unspecified atom stereocenters. The number of esters is 3. The van der Waals surface area contributed by atoms with Crippen molar-refractivity contribution >= 4 is 17.9 Å². The molecule has 0 spiro atoms. The maximum absolute atomic E-state index is 12.8. The minimum atomic E-state index is -0.784. The molecule has 0 saturated carbocycles.